The number of carbonyl (C=O) groups excluding carboxylic acids is 2. The van der Waals surface area contributed by atoms with Crippen LogP contribution in [0.2, 0.25) is 0 Å². The SMILES string of the molecule is CCCCC/C=C\C/C=C\C/C=C\C/C=C\C/C=C\CCC(=O)O[C@H](COC(=O)CCC/C=C\C/C=C\C/C=C\CC1OC1CCCCC)COP(=O)(O)O. The van der Waals surface area contributed by atoms with Gasteiger partial charge in [0.05, 0.1) is 18.8 Å². The first kappa shape index (κ1) is 49.9. The fraction of sp³-hybridized carbons (Fsp3) is 0.600. The molecule has 2 N–H and O–H groups in total. The van der Waals surface area contributed by atoms with E-state index < -0.39 is 32.5 Å². The second kappa shape index (κ2) is 35.4. The molecule has 0 radical (unpaired) electrons. The summed E-state index contributed by atoms with van der Waals surface area (Å²) >= 11 is 0. The Kier molecular flexibility index (Phi) is 32.1. The number of allylic oxidation sites excluding steroid dienone is 15. The van der Waals surface area contributed by atoms with Gasteiger partial charge in [0, 0.05) is 12.8 Å². The highest BCUT2D eigenvalue weighted by Crippen LogP contribution is 2.36. The van der Waals surface area contributed by atoms with Crippen molar-refractivity contribution >= 4 is 19.8 Å². The van der Waals surface area contributed by atoms with Crippen LogP contribution in [0.4, 0.5) is 0 Å². The van der Waals surface area contributed by atoms with Gasteiger partial charge in [-0.1, -0.05) is 143 Å². The number of phosphoric ester groups is 1. The number of carbonyl (C=O) groups is 2. The summed E-state index contributed by atoms with van der Waals surface area (Å²) < 4.78 is 32.0. The molecule has 1 heterocycles. The van der Waals surface area contributed by atoms with Crippen LogP contribution >= 0.6 is 7.82 Å². The lowest BCUT2D eigenvalue weighted by atomic mass is 10.1. The molecule has 0 aromatic rings. The molecule has 1 aliphatic heterocycles. The Bertz CT molecular complexity index is 1270. The van der Waals surface area contributed by atoms with Crippen molar-refractivity contribution in [2.24, 2.45) is 0 Å². The van der Waals surface area contributed by atoms with Gasteiger partial charge in [0.15, 0.2) is 6.10 Å². The Labute approximate surface area is 332 Å². The summed E-state index contributed by atoms with van der Waals surface area (Å²) in [6, 6.07) is 0. The molecule has 1 aliphatic rings. The van der Waals surface area contributed by atoms with Crippen molar-refractivity contribution < 1.29 is 42.7 Å². The standard InChI is InChI=1S/C45H71O9P/c1-3-5-7-8-9-10-11-12-13-14-15-16-17-18-19-24-27-30-34-38-45(47)53-41(40-52-55(48,49)50)39-51-44(46)37-33-29-26-23-21-20-22-25-28-32-36-43-42(54-43)35-31-6-4-2/h9-10,12-13,15-16,18-20,22-23,26-28,30,32,41-43H,3-8,11,14,17,21,24-25,29,31,33-40H2,1-2H3,(H2,48,49,50)/b10-9-,13-12-,16-15-,19-18-,22-20-,26-23-,30-27-,32-28-/t41-,42?,43?/m1/s1. The molecular weight excluding hydrogens is 715 g/mol. The maximum Gasteiger partial charge on any atom is 0.469 e. The van der Waals surface area contributed by atoms with Gasteiger partial charge in [0.25, 0.3) is 0 Å². The molecular formula is C45H71O9P. The quantitative estimate of drug-likeness (QED) is 0.0212. The summed E-state index contributed by atoms with van der Waals surface area (Å²) in [5, 5.41) is 0. The van der Waals surface area contributed by atoms with Gasteiger partial charge in [0.2, 0.25) is 0 Å². The fourth-order valence-electron chi connectivity index (χ4n) is 5.32. The van der Waals surface area contributed by atoms with Crippen molar-refractivity contribution in [2.45, 2.75) is 161 Å². The van der Waals surface area contributed by atoms with Gasteiger partial charge >= 0.3 is 19.8 Å². The molecule has 0 aliphatic carbocycles. The van der Waals surface area contributed by atoms with Crippen LogP contribution in [0.15, 0.2) is 97.2 Å². The Balaban J connectivity index is 2.17. The fourth-order valence-corrected chi connectivity index (χ4v) is 5.68. The lowest BCUT2D eigenvalue weighted by molar-refractivity contribution is -0.161. The zero-order chi connectivity index (χ0) is 40.1. The van der Waals surface area contributed by atoms with Crippen molar-refractivity contribution in [3.05, 3.63) is 97.2 Å². The molecule has 9 nitrogen and oxygen atoms in total. The zero-order valence-corrected chi connectivity index (χ0v) is 34.6. The molecule has 0 aromatic heterocycles. The topological polar surface area (TPSA) is 132 Å². The van der Waals surface area contributed by atoms with E-state index in [4.69, 9.17) is 24.0 Å². The molecule has 310 valence electrons. The van der Waals surface area contributed by atoms with E-state index in [1.807, 2.05) is 18.2 Å². The van der Waals surface area contributed by atoms with Gasteiger partial charge in [-0.15, -0.1) is 0 Å². The zero-order valence-electron chi connectivity index (χ0n) is 33.7. The highest BCUT2D eigenvalue weighted by Gasteiger charge is 2.36. The van der Waals surface area contributed by atoms with Crippen molar-refractivity contribution in [3.8, 4) is 0 Å². The Hall–Kier alpha value is -3.07. The van der Waals surface area contributed by atoms with Crippen LogP contribution in [0.25, 0.3) is 0 Å². The molecule has 0 amide bonds. The average Bonchev–Trinajstić information content (AvgIpc) is 3.91. The van der Waals surface area contributed by atoms with E-state index in [1.54, 1.807) is 0 Å². The molecule has 2 unspecified atom stereocenters. The Morgan fingerprint density at radius 1 is 0.582 bits per heavy atom. The number of esters is 2. The van der Waals surface area contributed by atoms with Gasteiger partial charge in [-0.2, -0.15) is 0 Å². The summed E-state index contributed by atoms with van der Waals surface area (Å²) in [5.74, 6) is -1.06. The predicted molar refractivity (Wildman–Crippen MR) is 224 cm³/mol. The molecule has 1 rings (SSSR count). The molecule has 0 aromatic carbocycles. The number of hydrogen-bond donors (Lipinski definition) is 2. The van der Waals surface area contributed by atoms with Crippen molar-refractivity contribution in [1.82, 2.24) is 0 Å². The Morgan fingerprint density at radius 3 is 1.62 bits per heavy atom. The molecule has 0 spiro atoms. The smallest absolute Gasteiger partial charge is 0.462 e. The van der Waals surface area contributed by atoms with E-state index in [-0.39, 0.29) is 19.4 Å². The van der Waals surface area contributed by atoms with Gasteiger partial charge in [-0.3, -0.25) is 14.1 Å². The second-order valence-electron chi connectivity index (χ2n) is 13.6. The normalized spacial score (nSPS) is 17.2. The summed E-state index contributed by atoms with van der Waals surface area (Å²) in [7, 11) is -4.80. The third-order valence-corrected chi connectivity index (χ3v) is 9.00. The third kappa shape index (κ3) is 35.1. The molecule has 3 atom stereocenters. The first-order valence-corrected chi connectivity index (χ1v) is 22.2. The minimum atomic E-state index is -4.80. The molecule has 10 heteroatoms. The van der Waals surface area contributed by atoms with Crippen LogP contribution in [-0.2, 0) is 32.9 Å². The Morgan fingerprint density at radius 2 is 1.07 bits per heavy atom. The van der Waals surface area contributed by atoms with E-state index >= 15 is 0 Å². The van der Waals surface area contributed by atoms with Crippen LogP contribution in [0.1, 0.15) is 142 Å². The van der Waals surface area contributed by atoms with Crippen LogP contribution in [0.5, 0.6) is 0 Å². The van der Waals surface area contributed by atoms with E-state index in [0.29, 0.717) is 31.5 Å². The van der Waals surface area contributed by atoms with Crippen LogP contribution in [-0.4, -0.2) is 53.3 Å². The van der Waals surface area contributed by atoms with Crippen molar-refractivity contribution in [1.29, 1.82) is 0 Å². The molecule has 1 fully saturated rings. The van der Waals surface area contributed by atoms with E-state index in [0.717, 1.165) is 44.9 Å². The average molecular weight is 787 g/mol. The maximum absolute atomic E-state index is 12.4. The maximum atomic E-state index is 12.4. The van der Waals surface area contributed by atoms with Gasteiger partial charge in [0.1, 0.15) is 6.61 Å². The third-order valence-electron chi connectivity index (χ3n) is 8.51. The minimum Gasteiger partial charge on any atom is -0.462 e. The first-order chi connectivity index (χ1) is 26.7. The van der Waals surface area contributed by atoms with Gasteiger partial charge in [-0.25, -0.2) is 4.57 Å². The highest BCUT2D eigenvalue weighted by molar-refractivity contribution is 7.46. The second-order valence-corrected chi connectivity index (χ2v) is 14.9. The number of hydrogen-bond acceptors (Lipinski definition) is 7. The lowest BCUT2D eigenvalue weighted by Crippen LogP contribution is -2.29. The number of phosphoric acid groups is 1. The van der Waals surface area contributed by atoms with Crippen LogP contribution in [0.3, 0.4) is 0 Å². The number of ether oxygens (including phenoxy) is 3. The van der Waals surface area contributed by atoms with Gasteiger partial charge in [-0.05, 0) is 83.5 Å². The largest absolute Gasteiger partial charge is 0.469 e. The van der Waals surface area contributed by atoms with Crippen LogP contribution < -0.4 is 0 Å². The van der Waals surface area contributed by atoms with E-state index in [9.17, 15) is 14.2 Å². The molecule has 0 bridgehead atoms. The summed E-state index contributed by atoms with van der Waals surface area (Å²) in [5.41, 5.74) is 0. The monoisotopic (exact) mass is 786 g/mol. The predicted octanol–water partition coefficient (Wildman–Crippen LogP) is 11.6. The number of epoxide rings is 1. The van der Waals surface area contributed by atoms with Crippen LogP contribution in [0, 0.1) is 0 Å². The number of rotatable bonds is 35. The lowest BCUT2D eigenvalue weighted by Gasteiger charge is -2.18. The first-order valence-electron chi connectivity index (χ1n) is 20.7. The van der Waals surface area contributed by atoms with E-state index in [1.165, 1.54) is 51.4 Å². The van der Waals surface area contributed by atoms with E-state index in [2.05, 4.69) is 97.4 Å². The van der Waals surface area contributed by atoms with Crippen molar-refractivity contribution in [3.63, 3.8) is 0 Å². The van der Waals surface area contributed by atoms with Crippen molar-refractivity contribution in [2.75, 3.05) is 13.2 Å². The summed E-state index contributed by atoms with van der Waals surface area (Å²) in [6.45, 7) is 3.49. The summed E-state index contributed by atoms with van der Waals surface area (Å²) in [4.78, 5) is 42.8. The van der Waals surface area contributed by atoms with Gasteiger partial charge < -0.3 is 24.0 Å². The number of unbranched alkanes of at least 4 members (excludes halogenated alkanes) is 6. The highest BCUT2D eigenvalue weighted by atomic mass is 31.2. The summed E-state index contributed by atoms with van der Waals surface area (Å²) in [6.07, 6.45) is 51.8. The molecule has 1 saturated heterocycles. The minimum absolute atomic E-state index is 0.0686. The molecule has 55 heavy (non-hydrogen) atoms. The molecule has 0 saturated carbocycles.